The Balaban J connectivity index is 1.63. The summed E-state index contributed by atoms with van der Waals surface area (Å²) < 4.78 is 17.6. The van der Waals surface area contributed by atoms with Crippen molar-refractivity contribution in [3.05, 3.63) is 97.1 Å². The third-order valence-corrected chi connectivity index (χ3v) is 6.27. The fraction of sp³-hybridized carbons (Fsp3) is 0.0667. The molecule has 0 saturated heterocycles. The molecule has 0 N–H and O–H groups in total. The first kappa shape index (κ1) is 19.4. The number of furan rings is 1. The maximum Gasteiger partial charge on any atom is 0.164 e. The molecule has 0 fully saturated rings. The van der Waals surface area contributed by atoms with Crippen molar-refractivity contribution in [2.24, 2.45) is 0 Å². The van der Waals surface area contributed by atoms with Crippen molar-refractivity contribution < 1.29 is 13.9 Å². The van der Waals surface area contributed by atoms with Gasteiger partial charge in [-0.25, -0.2) is 0 Å². The molecule has 0 atom stereocenters. The second-order valence-corrected chi connectivity index (χ2v) is 8.10. The number of hydrogen-bond donors (Lipinski definition) is 0. The van der Waals surface area contributed by atoms with Crippen molar-refractivity contribution in [1.29, 1.82) is 0 Å². The number of methoxy groups -OCH3 is 2. The fourth-order valence-corrected chi connectivity index (χ4v) is 4.64. The summed E-state index contributed by atoms with van der Waals surface area (Å²) in [5, 5.41) is 4.43. The summed E-state index contributed by atoms with van der Waals surface area (Å²) in [5.74, 6) is 1.34. The van der Waals surface area contributed by atoms with Gasteiger partial charge in [0.05, 0.1) is 14.2 Å². The summed E-state index contributed by atoms with van der Waals surface area (Å²) in [4.78, 5) is 0. The van der Waals surface area contributed by atoms with Gasteiger partial charge in [0.1, 0.15) is 11.2 Å². The van der Waals surface area contributed by atoms with E-state index in [0.29, 0.717) is 11.5 Å². The molecule has 0 bridgehead atoms. The van der Waals surface area contributed by atoms with Gasteiger partial charge >= 0.3 is 0 Å². The van der Waals surface area contributed by atoms with Gasteiger partial charge in [-0.2, -0.15) is 0 Å². The minimum Gasteiger partial charge on any atom is -0.493 e. The highest BCUT2D eigenvalue weighted by Crippen LogP contribution is 2.44. The van der Waals surface area contributed by atoms with Crippen LogP contribution in [0.3, 0.4) is 0 Å². The predicted octanol–water partition coefficient (Wildman–Crippen LogP) is 8.09. The fourth-order valence-electron chi connectivity index (χ4n) is 4.64. The molecule has 0 amide bonds. The molecule has 1 aromatic heterocycles. The molecule has 3 heteroatoms. The molecule has 6 aromatic rings. The Kier molecular flexibility index (Phi) is 4.55. The zero-order valence-electron chi connectivity index (χ0n) is 18.5. The zero-order chi connectivity index (χ0) is 22.4. The first-order valence-corrected chi connectivity index (χ1v) is 10.9. The van der Waals surface area contributed by atoms with E-state index in [1.807, 2.05) is 18.2 Å². The Morgan fingerprint density at radius 2 is 1.21 bits per heavy atom. The lowest BCUT2D eigenvalue weighted by atomic mass is 9.95. The van der Waals surface area contributed by atoms with E-state index in [9.17, 15) is 0 Å². The summed E-state index contributed by atoms with van der Waals surface area (Å²) in [6.07, 6.45) is 0. The number of hydrogen-bond acceptors (Lipinski definition) is 3. The molecule has 0 radical (unpaired) electrons. The van der Waals surface area contributed by atoms with Crippen LogP contribution in [0, 0.1) is 0 Å². The molecule has 0 aliphatic heterocycles. The topological polar surface area (TPSA) is 31.6 Å². The van der Waals surface area contributed by atoms with Gasteiger partial charge in [0.15, 0.2) is 11.5 Å². The number of ether oxygens (including phenoxy) is 2. The highest BCUT2D eigenvalue weighted by atomic mass is 16.5. The van der Waals surface area contributed by atoms with Crippen molar-refractivity contribution in [2.75, 3.05) is 14.2 Å². The van der Waals surface area contributed by atoms with Crippen molar-refractivity contribution >= 4 is 32.7 Å². The summed E-state index contributed by atoms with van der Waals surface area (Å²) in [6.45, 7) is 0. The highest BCUT2D eigenvalue weighted by Gasteiger charge is 2.18. The van der Waals surface area contributed by atoms with Crippen molar-refractivity contribution in [1.82, 2.24) is 0 Å². The van der Waals surface area contributed by atoms with Gasteiger partial charge in [0.2, 0.25) is 0 Å². The first-order chi connectivity index (χ1) is 16.3. The van der Waals surface area contributed by atoms with E-state index in [4.69, 9.17) is 13.9 Å². The van der Waals surface area contributed by atoms with E-state index in [2.05, 4.69) is 78.9 Å². The average Bonchev–Trinajstić information content (AvgIpc) is 3.26. The first-order valence-electron chi connectivity index (χ1n) is 10.9. The Morgan fingerprint density at radius 1 is 0.576 bits per heavy atom. The van der Waals surface area contributed by atoms with Crippen LogP contribution in [0.25, 0.3) is 55.0 Å². The Morgan fingerprint density at radius 3 is 1.97 bits per heavy atom. The SMILES string of the molecule is COc1cc2oc3c(-c4ccc(-c5ccccc5)cc4)cc4ccccc4c3c2cc1OC. The molecule has 0 saturated carbocycles. The highest BCUT2D eigenvalue weighted by molar-refractivity contribution is 6.22. The lowest BCUT2D eigenvalue weighted by molar-refractivity contribution is 0.355. The average molecular weight is 431 g/mol. The van der Waals surface area contributed by atoms with E-state index >= 15 is 0 Å². The summed E-state index contributed by atoms with van der Waals surface area (Å²) in [6, 6.07) is 33.6. The molecular weight excluding hydrogens is 408 g/mol. The second kappa shape index (κ2) is 7.72. The Hall–Kier alpha value is -4.24. The molecule has 1 heterocycles. The van der Waals surface area contributed by atoms with Crippen LogP contribution < -0.4 is 9.47 Å². The molecule has 3 nitrogen and oxygen atoms in total. The van der Waals surface area contributed by atoms with Crippen LogP contribution in [-0.4, -0.2) is 14.2 Å². The third kappa shape index (κ3) is 3.13. The van der Waals surface area contributed by atoms with Gasteiger partial charge in [-0.15, -0.1) is 0 Å². The smallest absolute Gasteiger partial charge is 0.164 e. The molecule has 160 valence electrons. The van der Waals surface area contributed by atoms with Gasteiger partial charge < -0.3 is 13.9 Å². The lowest BCUT2D eigenvalue weighted by Crippen LogP contribution is -1.89. The van der Waals surface area contributed by atoms with Crippen LogP contribution in [0.5, 0.6) is 11.5 Å². The quantitative estimate of drug-likeness (QED) is 0.283. The molecule has 5 aromatic carbocycles. The van der Waals surface area contributed by atoms with Crippen LogP contribution in [-0.2, 0) is 0 Å². The zero-order valence-corrected chi connectivity index (χ0v) is 18.5. The predicted molar refractivity (Wildman–Crippen MR) is 135 cm³/mol. The number of rotatable bonds is 4. The molecule has 6 rings (SSSR count). The molecule has 0 spiro atoms. The van der Waals surface area contributed by atoms with Crippen molar-refractivity contribution in [3.8, 4) is 33.8 Å². The largest absolute Gasteiger partial charge is 0.493 e. The lowest BCUT2D eigenvalue weighted by Gasteiger charge is -2.09. The Bertz CT molecular complexity index is 1610. The van der Waals surface area contributed by atoms with Crippen LogP contribution in [0.15, 0.2) is 101 Å². The summed E-state index contributed by atoms with van der Waals surface area (Å²) >= 11 is 0. The number of benzene rings is 5. The molecule has 0 unspecified atom stereocenters. The number of fused-ring (bicyclic) bond motifs is 5. The van der Waals surface area contributed by atoms with E-state index in [0.717, 1.165) is 38.5 Å². The molecule has 0 aliphatic carbocycles. The summed E-state index contributed by atoms with van der Waals surface area (Å²) in [7, 11) is 3.30. The van der Waals surface area contributed by atoms with Gasteiger partial charge in [0, 0.05) is 22.4 Å². The van der Waals surface area contributed by atoms with E-state index in [1.165, 1.54) is 16.5 Å². The van der Waals surface area contributed by atoms with Crippen LogP contribution in [0.2, 0.25) is 0 Å². The van der Waals surface area contributed by atoms with Gasteiger partial charge in [-0.3, -0.25) is 0 Å². The third-order valence-electron chi connectivity index (χ3n) is 6.27. The minimum absolute atomic E-state index is 0.655. The summed E-state index contributed by atoms with van der Waals surface area (Å²) in [5.41, 5.74) is 6.22. The van der Waals surface area contributed by atoms with Crippen LogP contribution >= 0.6 is 0 Å². The van der Waals surface area contributed by atoms with E-state index < -0.39 is 0 Å². The normalized spacial score (nSPS) is 11.3. The van der Waals surface area contributed by atoms with Crippen molar-refractivity contribution in [3.63, 3.8) is 0 Å². The standard InChI is InChI=1S/C30H22O3/c1-31-27-17-25-26(18-28(27)32-2)33-30-24(16-22-10-6-7-11-23(22)29(25)30)21-14-12-20(13-15-21)19-8-4-3-5-9-19/h3-18H,1-2H3. The van der Waals surface area contributed by atoms with Gasteiger partial charge in [0.25, 0.3) is 0 Å². The van der Waals surface area contributed by atoms with E-state index in [1.54, 1.807) is 14.2 Å². The Labute approximate surface area is 191 Å². The minimum atomic E-state index is 0.655. The molecule has 0 aliphatic rings. The van der Waals surface area contributed by atoms with Crippen LogP contribution in [0.1, 0.15) is 0 Å². The monoisotopic (exact) mass is 430 g/mol. The maximum absolute atomic E-state index is 6.47. The van der Waals surface area contributed by atoms with Crippen molar-refractivity contribution in [2.45, 2.75) is 0 Å². The molecular formula is C30H22O3. The van der Waals surface area contributed by atoms with Gasteiger partial charge in [-0.1, -0.05) is 78.9 Å². The van der Waals surface area contributed by atoms with E-state index in [-0.39, 0.29) is 0 Å². The van der Waals surface area contributed by atoms with Crippen LogP contribution in [0.4, 0.5) is 0 Å². The maximum atomic E-state index is 6.47. The molecule has 33 heavy (non-hydrogen) atoms. The van der Waals surface area contributed by atoms with Gasteiger partial charge in [-0.05, 0) is 39.6 Å². The second-order valence-electron chi connectivity index (χ2n) is 8.10.